The second-order valence-corrected chi connectivity index (χ2v) is 5.42. The van der Waals surface area contributed by atoms with E-state index < -0.39 is 5.97 Å². The summed E-state index contributed by atoms with van der Waals surface area (Å²) in [5, 5.41) is 10.3. The maximum absolute atomic E-state index is 11.6. The number of rotatable bonds is 4. The normalized spacial score (nSPS) is 10.7. The molecule has 4 nitrogen and oxygen atoms in total. The van der Waals surface area contributed by atoms with Gasteiger partial charge >= 0.3 is 5.97 Å². The lowest BCUT2D eigenvalue weighted by Gasteiger charge is -2.07. The Hall–Kier alpha value is -2.40. The van der Waals surface area contributed by atoms with Gasteiger partial charge in [-0.05, 0) is 36.2 Å². The molecule has 1 aromatic heterocycles. The molecule has 3 aromatic rings. The van der Waals surface area contributed by atoms with Crippen molar-refractivity contribution in [1.82, 2.24) is 3.97 Å². The van der Waals surface area contributed by atoms with Crippen LogP contribution in [0.1, 0.15) is 10.5 Å². The number of carboxylic acids is 1. The SMILES string of the molecule is COc1c(C(=O)O)n(Sc2ccccc2)c2ccccc12. The highest BCUT2D eigenvalue weighted by molar-refractivity contribution is 7.98. The number of methoxy groups -OCH3 is 1. The summed E-state index contributed by atoms with van der Waals surface area (Å²) in [6, 6.07) is 17.2. The number of ether oxygens (including phenoxy) is 1. The average Bonchev–Trinajstić information content (AvgIpc) is 2.82. The van der Waals surface area contributed by atoms with Crippen LogP contribution < -0.4 is 4.74 Å². The van der Waals surface area contributed by atoms with Gasteiger partial charge < -0.3 is 9.84 Å². The molecule has 5 heteroatoms. The summed E-state index contributed by atoms with van der Waals surface area (Å²) in [6.45, 7) is 0. The number of benzene rings is 2. The molecule has 0 fully saturated rings. The monoisotopic (exact) mass is 299 g/mol. The van der Waals surface area contributed by atoms with E-state index in [-0.39, 0.29) is 5.69 Å². The smallest absolute Gasteiger partial charge is 0.357 e. The van der Waals surface area contributed by atoms with Gasteiger partial charge in [-0.15, -0.1) is 0 Å². The van der Waals surface area contributed by atoms with E-state index in [0.29, 0.717) is 5.75 Å². The van der Waals surface area contributed by atoms with Crippen LogP contribution in [0.15, 0.2) is 59.5 Å². The van der Waals surface area contributed by atoms with Crippen molar-refractivity contribution in [1.29, 1.82) is 0 Å². The summed E-state index contributed by atoms with van der Waals surface area (Å²) in [4.78, 5) is 12.6. The number of hydrogen-bond acceptors (Lipinski definition) is 3. The highest BCUT2D eigenvalue weighted by Gasteiger charge is 2.23. The van der Waals surface area contributed by atoms with Crippen molar-refractivity contribution in [2.75, 3.05) is 7.11 Å². The van der Waals surface area contributed by atoms with E-state index in [9.17, 15) is 9.90 Å². The van der Waals surface area contributed by atoms with Gasteiger partial charge in [-0.2, -0.15) is 0 Å². The molecule has 3 rings (SSSR count). The lowest BCUT2D eigenvalue weighted by Crippen LogP contribution is -2.05. The van der Waals surface area contributed by atoms with Crippen LogP contribution in [0, 0.1) is 0 Å². The summed E-state index contributed by atoms with van der Waals surface area (Å²) in [7, 11) is 1.49. The first-order valence-electron chi connectivity index (χ1n) is 6.36. The molecule has 2 aromatic carbocycles. The Morgan fingerprint density at radius 3 is 2.43 bits per heavy atom. The van der Waals surface area contributed by atoms with E-state index in [0.717, 1.165) is 15.8 Å². The first kappa shape index (κ1) is 13.6. The predicted molar refractivity (Wildman–Crippen MR) is 83.1 cm³/mol. The molecule has 0 saturated heterocycles. The lowest BCUT2D eigenvalue weighted by molar-refractivity contribution is 0.0686. The van der Waals surface area contributed by atoms with Gasteiger partial charge in [0.1, 0.15) is 0 Å². The molecule has 0 aliphatic heterocycles. The van der Waals surface area contributed by atoms with Crippen LogP contribution in [-0.4, -0.2) is 22.2 Å². The van der Waals surface area contributed by atoms with Gasteiger partial charge in [0.15, 0.2) is 11.4 Å². The summed E-state index contributed by atoms with van der Waals surface area (Å²) >= 11 is 1.36. The zero-order valence-corrected chi connectivity index (χ0v) is 12.1. The van der Waals surface area contributed by atoms with Gasteiger partial charge in [-0.3, -0.25) is 3.97 Å². The summed E-state index contributed by atoms with van der Waals surface area (Å²) < 4.78 is 7.02. The molecule has 106 valence electrons. The fourth-order valence-electron chi connectivity index (χ4n) is 2.26. The van der Waals surface area contributed by atoms with Crippen LogP contribution in [0.3, 0.4) is 0 Å². The molecule has 0 spiro atoms. The molecule has 1 heterocycles. The highest BCUT2D eigenvalue weighted by atomic mass is 32.2. The Morgan fingerprint density at radius 2 is 1.76 bits per heavy atom. The first-order valence-corrected chi connectivity index (χ1v) is 7.14. The zero-order chi connectivity index (χ0) is 14.8. The molecule has 0 unspecified atom stereocenters. The summed E-state index contributed by atoms with van der Waals surface area (Å²) in [5.41, 5.74) is 0.966. The van der Waals surface area contributed by atoms with E-state index >= 15 is 0 Å². The van der Waals surface area contributed by atoms with Crippen LogP contribution in [0.25, 0.3) is 10.9 Å². The zero-order valence-electron chi connectivity index (χ0n) is 11.3. The minimum atomic E-state index is -1.01. The third kappa shape index (κ3) is 2.36. The van der Waals surface area contributed by atoms with Crippen molar-refractivity contribution in [3.05, 3.63) is 60.3 Å². The van der Waals surface area contributed by atoms with Gasteiger partial charge in [0.2, 0.25) is 0 Å². The third-order valence-electron chi connectivity index (χ3n) is 3.13. The Bertz CT molecular complexity index is 796. The lowest BCUT2D eigenvalue weighted by atomic mass is 10.2. The highest BCUT2D eigenvalue weighted by Crippen LogP contribution is 2.38. The molecule has 0 bridgehead atoms. The minimum Gasteiger partial charge on any atom is -0.494 e. The van der Waals surface area contributed by atoms with Crippen molar-refractivity contribution < 1.29 is 14.6 Å². The average molecular weight is 299 g/mol. The number of aromatic nitrogens is 1. The predicted octanol–water partition coefficient (Wildman–Crippen LogP) is 3.90. The Labute approximate surface area is 126 Å². The number of nitrogens with zero attached hydrogens (tertiary/aromatic N) is 1. The minimum absolute atomic E-state index is 0.146. The van der Waals surface area contributed by atoms with Crippen molar-refractivity contribution >= 4 is 28.8 Å². The van der Waals surface area contributed by atoms with Gasteiger partial charge in [0.05, 0.1) is 12.6 Å². The maximum atomic E-state index is 11.6. The molecular weight excluding hydrogens is 286 g/mol. The third-order valence-corrected chi connectivity index (χ3v) is 4.18. The summed E-state index contributed by atoms with van der Waals surface area (Å²) in [6.07, 6.45) is 0. The van der Waals surface area contributed by atoms with Crippen LogP contribution >= 0.6 is 11.9 Å². The van der Waals surface area contributed by atoms with Crippen LogP contribution in [-0.2, 0) is 0 Å². The van der Waals surface area contributed by atoms with Crippen molar-refractivity contribution in [2.24, 2.45) is 0 Å². The molecule has 1 N–H and O–H groups in total. The van der Waals surface area contributed by atoms with Gasteiger partial charge in [-0.1, -0.05) is 30.3 Å². The molecule has 0 aliphatic rings. The number of para-hydroxylation sites is 1. The second kappa shape index (κ2) is 5.54. The van der Waals surface area contributed by atoms with Gasteiger partial charge in [0, 0.05) is 10.3 Å². The largest absolute Gasteiger partial charge is 0.494 e. The van der Waals surface area contributed by atoms with Crippen molar-refractivity contribution in [3.8, 4) is 5.75 Å². The number of carbonyl (C=O) groups is 1. The van der Waals surface area contributed by atoms with E-state index in [1.165, 1.54) is 19.1 Å². The fraction of sp³-hybridized carbons (Fsp3) is 0.0625. The first-order chi connectivity index (χ1) is 10.2. The van der Waals surface area contributed by atoms with Crippen LogP contribution in [0.2, 0.25) is 0 Å². The molecule has 0 aliphatic carbocycles. The summed E-state index contributed by atoms with van der Waals surface area (Å²) in [5.74, 6) is -0.618. The van der Waals surface area contributed by atoms with Crippen LogP contribution in [0.4, 0.5) is 0 Å². The standard InChI is InChI=1S/C16H13NO3S/c1-20-15-12-9-5-6-10-13(12)17(14(15)16(18)19)21-11-7-3-2-4-8-11/h2-10H,1H3,(H,18,19). The molecule has 0 saturated carbocycles. The fourth-order valence-corrected chi connectivity index (χ4v) is 3.25. The number of hydrogen-bond donors (Lipinski definition) is 1. The topological polar surface area (TPSA) is 51.5 Å². The Balaban J connectivity index is 2.24. The second-order valence-electron chi connectivity index (χ2n) is 4.40. The van der Waals surface area contributed by atoms with Gasteiger partial charge in [-0.25, -0.2) is 4.79 Å². The van der Waals surface area contributed by atoms with E-state index in [4.69, 9.17) is 4.74 Å². The number of aromatic carboxylic acids is 1. The van der Waals surface area contributed by atoms with E-state index in [1.807, 2.05) is 54.6 Å². The van der Waals surface area contributed by atoms with Crippen LogP contribution in [0.5, 0.6) is 5.75 Å². The van der Waals surface area contributed by atoms with Crippen molar-refractivity contribution in [2.45, 2.75) is 4.90 Å². The Morgan fingerprint density at radius 1 is 1.10 bits per heavy atom. The molecule has 21 heavy (non-hydrogen) atoms. The molecular formula is C16H13NO3S. The van der Waals surface area contributed by atoms with Gasteiger partial charge in [0.25, 0.3) is 0 Å². The number of fused-ring (bicyclic) bond motifs is 1. The molecule has 0 amide bonds. The van der Waals surface area contributed by atoms with E-state index in [2.05, 4.69) is 0 Å². The maximum Gasteiger partial charge on any atom is 0.357 e. The Kier molecular flexibility index (Phi) is 3.58. The molecule has 0 atom stereocenters. The quantitative estimate of drug-likeness (QED) is 0.793. The molecule has 0 radical (unpaired) electrons. The van der Waals surface area contributed by atoms with Crippen molar-refractivity contribution in [3.63, 3.8) is 0 Å². The van der Waals surface area contributed by atoms with E-state index in [1.54, 1.807) is 3.97 Å². The number of carboxylic acid groups (broad SMARTS) is 1.